The molecule has 0 aliphatic rings. The minimum Gasteiger partial charge on any atom is -0.497 e. The standard InChI is InChI=1S/C17H27NO3S/c1-16(2,3)21-15(19)18-12-17(4,5)22-11-13-7-9-14(20-6)10-8-13/h7-10H,11-12H2,1-6H3,(H,18,19). The zero-order valence-corrected chi connectivity index (χ0v) is 15.2. The van der Waals surface area contributed by atoms with Crippen molar-refractivity contribution in [3.63, 3.8) is 0 Å². The lowest BCUT2D eigenvalue weighted by atomic mass is 10.2. The van der Waals surface area contributed by atoms with E-state index >= 15 is 0 Å². The predicted molar refractivity (Wildman–Crippen MR) is 92.6 cm³/mol. The second kappa shape index (κ2) is 7.77. The highest BCUT2D eigenvalue weighted by Crippen LogP contribution is 2.28. The van der Waals surface area contributed by atoms with Crippen LogP contribution in [0.1, 0.15) is 40.2 Å². The lowest BCUT2D eigenvalue weighted by molar-refractivity contribution is 0.0524. The molecular formula is C17H27NO3S. The molecule has 1 amide bonds. The van der Waals surface area contributed by atoms with E-state index in [4.69, 9.17) is 9.47 Å². The number of benzene rings is 1. The van der Waals surface area contributed by atoms with Gasteiger partial charge < -0.3 is 14.8 Å². The zero-order chi connectivity index (χ0) is 16.8. The smallest absolute Gasteiger partial charge is 0.407 e. The maximum Gasteiger partial charge on any atom is 0.407 e. The number of methoxy groups -OCH3 is 1. The Morgan fingerprint density at radius 3 is 2.23 bits per heavy atom. The van der Waals surface area contributed by atoms with E-state index in [1.807, 2.05) is 32.9 Å². The number of carbonyl (C=O) groups excluding carboxylic acids is 1. The lowest BCUT2D eigenvalue weighted by Gasteiger charge is -2.26. The van der Waals surface area contributed by atoms with Gasteiger partial charge in [0.25, 0.3) is 0 Å². The highest BCUT2D eigenvalue weighted by Gasteiger charge is 2.22. The van der Waals surface area contributed by atoms with Crippen molar-refractivity contribution in [2.24, 2.45) is 0 Å². The van der Waals surface area contributed by atoms with E-state index in [-0.39, 0.29) is 10.8 Å². The minimum absolute atomic E-state index is 0.0726. The van der Waals surface area contributed by atoms with Crippen molar-refractivity contribution in [1.82, 2.24) is 5.32 Å². The quantitative estimate of drug-likeness (QED) is 0.850. The first kappa shape index (κ1) is 18.7. The molecule has 0 aromatic heterocycles. The van der Waals surface area contributed by atoms with E-state index < -0.39 is 5.60 Å². The van der Waals surface area contributed by atoms with Crippen LogP contribution in [-0.2, 0) is 10.5 Å². The Labute approximate surface area is 138 Å². The summed E-state index contributed by atoms with van der Waals surface area (Å²) in [5.74, 6) is 1.74. The van der Waals surface area contributed by atoms with Crippen molar-refractivity contribution >= 4 is 17.9 Å². The van der Waals surface area contributed by atoms with E-state index in [1.165, 1.54) is 5.56 Å². The fourth-order valence-corrected chi connectivity index (χ4v) is 2.57. The average molecular weight is 325 g/mol. The molecule has 0 saturated heterocycles. The fourth-order valence-electron chi connectivity index (χ4n) is 1.65. The van der Waals surface area contributed by atoms with Gasteiger partial charge in [-0.05, 0) is 52.3 Å². The molecule has 0 radical (unpaired) electrons. The number of hydrogen-bond donors (Lipinski definition) is 1. The van der Waals surface area contributed by atoms with E-state index in [0.29, 0.717) is 6.54 Å². The van der Waals surface area contributed by atoms with Gasteiger partial charge in [0.2, 0.25) is 0 Å². The Kier molecular flexibility index (Phi) is 6.60. The molecule has 1 aromatic carbocycles. The van der Waals surface area contributed by atoms with Crippen LogP contribution in [0.2, 0.25) is 0 Å². The van der Waals surface area contributed by atoms with Gasteiger partial charge in [0.1, 0.15) is 11.4 Å². The molecule has 5 heteroatoms. The van der Waals surface area contributed by atoms with Gasteiger partial charge in [-0.3, -0.25) is 0 Å². The molecule has 0 fully saturated rings. The van der Waals surface area contributed by atoms with Crippen molar-refractivity contribution in [2.45, 2.75) is 50.7 Å². The summed E-state index contributed by atoms with van der Waals surface area (Å²) in [5.41, 5.74) is 0.765. The Bertz CT molecular complexity index is 478. The molecule has 0 unspecified atom stereocenters. The number of thioether (sulfide) groups is 1. The van der Waals surface area contributed by atoms with Gasteiger partial charge in [0, 0.05) is 17.0 Å². The third kappa shape index (κ3) is 7.59. The van der Waals surface area contributed by atoms with Gasteiger partial charge in [-0.25, -0.2) is 4.79 Å². The summed E-state index contributed by atoms with van der Waals surface area (Å²) in [5, 5.41) is 2.83. The Balaban J connectivity index is 2.41. The van der Waals surface area contributed by atoms with Crippen molar-refractivity contribution in [3.05, 3.63) is 29.8 Å². The topological polar surface area (TPSA) is 47.6 Å². The third-order valence-electron chi connectivity index (χ3n) is 2.85. The van der Waals surface area contributed by atoms with E-state index in [1.54, 1.807) is 18.9 Å². The van der Waals surface area contributed by atoms with Gasteiger partial charge in [-0.2, -0.15) is 0 Å². The van der Waals surface area contributed by atoms with Crippen LogP contribution >= 0.6 is 11.8 Å². The number of amides is 1. The molecule has 0 bridgehead atoms. The summed E-state index contributed by atoms with van der Waals surface area (Å²) in [7, 11) is 1.66. The number of rotatable bonds is 6. The number of hydrogen-bond acceptors (Lipinski definition) is 4. The second-order valence-electron chi connectivity index (χ2n) is 6.75. The highest BCUT2D eigenvalue weighted by atomic mass is 32.2. The minimum atomic E-state index is -0.468. The van der Waals surface area contributed by atoms with Crippen LogP contribution in [0.5, 0.6) is 5.75 Å². The molecule has 1 N–H and O–H groups in total. The first-order valence-corrected chi connectivity index (χ1v) is 8.34. The fraction of sp³-hybridized carbons (Fsp3) is 0.588. The van der Waals surface area contributed by atoms with Crippen LogP contribution in [0.25, 0.3) is 0 Å². The average Bonchev–Trinajstić information content (AvgIpc) is 2.42. The van der Waals surface area contributed by atoms with E-state index in [2.05, 4.69) is 31.3 Å². The second-order valence-corrected chi connectivity index (χ2v) is 8.43. The maximum absolute atomic E-state index is 11.7. The molecule has 124 valence electrons. The van der Waals surface area contributed by atoms with Crippen molar-refractivity contribution in [3.8, 4) is 5.75 Å². The number of carbonyl (C=O) groups is 1. The summed E-state index contributed by atoms with van der Waals surface area (Å²) in [6.07, 6.45) is -0.370. The Hall–Kier alpha value is -1.36. The summed E-state index contributed by atoms with van der Waals surface area (Å²) < 4.78 is 10.3. The predicted octanol–water partition coefficient (Wildman–Crippen LogP) is 4.23. The number of alkyl carbamates (subject to hydrolysis) is 1. The maximum atomic E-state index is 11.7. The largest absolute Gasteiger partial charge is 0.497 e. The van der Waals surface area contributed by atoms with Crippen LogP contribution in [0, 0.1) is 0 Å². The van der Waals surface area contributed by atoms with Crippen molar-refractivity contribution in [1.29, 1.82) is 0 Å². The SMILES string of the molecule is COc1ccc(CSC(C)(C)CNC(=O)OC(C)(C)C)cc1. The van der Waals surface area contributed by atoms with Crippen molar-refractivity contribution in [2.75, 3.05) is 13.7 Å². The Morgan fingerprint density at radius 1 is 1.14 bits per heavy atom. The molecular weight excluding hydrogens is 298 g/mol. The number of ether oxygens (including phenoxy) is 2. The zero-order valence-electron chi connectivity index (χ0n) is 14.4. The van der Waals surface area contributed by atoms with Gasteiger partial charge in [-0.15, -0.1) is 11.8 Å². The summed E-state index contributed by atoms with van der Waals surface area (Å²) >= 11 is 1.79. The van der Waals surface area contributed by atoms with Crippen LogP contribution in [0.15, 0.2) is 24.3 Å². The summed E-state index contributed by atoms with van der Waals surface area (Å²) in [4.78, 5) is 11.7. The van der Waals surface area contributed by atoms with E-state index in [0.717, 1.165) is 11.5 Å². The van der Waals surface area contributed by atoms with Crippen LogP contribution in [0.4, 0.5) is 4.79 Å². The van der Waals surface area contributed by atoms with Gasteiger partial charge in [0.15, 0.2) is 0 Å². The first-order valence-electron chi connectivity index (χ1n) is 7.35. The first-order chi connectivity index (χ1) is 10.1. The van der Waals surface area contributed by atoms with E-state index in [9.17, 15) is 4.79 Å². The molecule has 0 heterocycles. The monoisotopic (exact) mass is 325 g/mol. The molecule has 1 rings (SSSR count). The molecule has 22 heavy (non-hydrogen) atoms. The van der Waals surface area contributed by atoms with Gasteiger partial charge in [0.05, 0.1) is 7.11 Å². The van der Waals surface area contributed by atoms with Gasteiger partial charge >= 0.3 is 6.09 Å². The van der Waals surface area contributed by atoms with Crippen LogP contribution in [0.3, 0.4) is 0 Å². The molecule has 0 atom stereocenters. The van der Waals surface area contributed by atoms with Crippen LogP contribution in [-0.4, -0.2) is 30.1 Å². The highest BCUT2D eigenvalue weighted by molar-refractivity contribution is 7.99. The number of nitrogens with one attached hydrogen (secondary N) is 1. The Morgan fingerprint density at radius 2 is 1.73 bits per heavy atom. The third-order valence-corrected chi connectivity index (χ3v) is 4.25. The molecule has 0 spiro atoms. The lowest BCUT2D eigenvalue weighted by Crippen LogP contribution is -2.39. The summed E-state index contributed by atoms with van der Waals surface area (Å²) in [6, 6.07) is 8.04. The van der Waals surface area contributed by atoms with Crippen LogP contribution < -0.4 is 10.1 Å². The molecule has 0 aliphatic heterocycles. The van der Waals surface area contributed by atoms with Crippen molar-refractivity contribution < 1.29 is 14.3 Å². The molecule has 4 nitrogen and oxygen atoms in total. The molecule has 0 aliphatic carbocycles. The van der Waals surface area contributed by atoms with Gasteiger partial charge in [-0.1, -0.05) is 12.1 Å². The molecule has 0 saturated carbocycles. The normalized spacial score (nSPS) is 11.9. The molecule has 1 aromatic rings. The summed E-state index contributed by atoms with van der Waals surface area (Å²) in [6.45, 7) is 10.3.